The van der Waals surface area contributed by atoms with Gasteiger partial charge in [0.05, 0.1) is 0 Å². The maximum Gasteiger partial charge on any atom is 0.334 e. The lowest BCUT2D eigenvalue weighted by Gasteiger charge is -2.29. The van der Waals surface area contributed by atoms with Gasteiger partial charge in [0, 0.05) is 23.3 Å². The summed E-state index contributed by atoms with van der Waals surface area (Å²) in [5.74, 6) is 0.304. The SMILES string of the molecule is C[C@H]1CCCC2=C[C@H](OC2=O)C(C)(C)CCC1=O. The Morgan fingerprint density at radius 2 is 2.00 bits per heavy atom. The number of fused-ring (bicyclic) bond motifs is 1. The summed E-state index contributed by atoms with van der Waals surface area (Å²) in [6, 6.07) is 0. The van der Waals surface area contributed by atoms with Crippen LogP contribution in [-0.4, -0.2) is 17.9 Å². The second-order valence-electron chi connectivity index (χ2n) is 6.27. The summed E-state index contributed by atoms with van der Waals surface area (Å²) in [4.78, 5) is 23.7. The van der Waals surface area contributed by atoms with Crippen molar-refractivity contribution in [3.8, 4) is 0 Å². The number of ketones is 1. The molecule has 0 spiro atoms. The van der Waals surface area contributed by atoms with Crippen LogP contribution in [0, 0.1) is 11.3 Å². The van der Waals surface area contributed by atoms with Crippen molar-refractivity contribution in [3.63, 3.8) is 0 Å². The number of carbonyl (C=O) groups excluding carboxylic acids is 2. The highest BCUT2D eigenvalue weighted by Crippen LogP contribution is 2.36. The average Bonchev–Trinajstić information content (AvgIpc) is 2.67. The predicted octanol–water partition coefficient (Wildman–Crippen LogP) is 3.03. The van der Waals surface area contributed by atoms with Crippen LogP contribution in [-0.2, 0) is 14.3 Å². The lowest BCUT2D eigenvalue weighted by Crippen LogP contribution is -2.30. The monoisotopic (exact) mass is 250 g/mol. The Labute approximate surface area is 109 Å². The maximum absolute atomic E-state index is 12.0. The summed E-state index contributed by atoms with van der Waals surface area (Å²) in [7, 11) is 0. The zero-order chi connectivity index (χ0) is 13.3. The number of carbonyl (C=O) groups is 2. The van der Waals surface area contributed by atoms with Crippen molar-refractivity contribution in [3.05, 3.63) is 11.6 Å². The molecule has 0 radical (unpaired) electrons. The number of rotatable bonds is 0. The topological polar surface area (TPSA) is 43.4 Å². The fraction of sp³-hybridized carbons (Fsp3) is 0.733. The molecule has 1 aliphatic carbocycles. The average molecular weight is 250 g/mol. The van der Waals surface area contributed by atoms with Crippen molar-refractivity contribution in [2.24, 2.45) is 11.3 Å². The first-order valence-corrected chi connectivity index (χ1v) is 6.84. The standard InChI is InChI=1S/C15H22O3/c1-10-5-4-6-11-9-13(18-14(11)17)15(2,3)8-7-12(10)16/h9-10,13H,4-8H2,1-3H3/t10-,13-/m0/s1. The van der Waals surface area contributed by atoms with Crippen LogP contribution in [0.25, 0.3) is 0 Å². The van der Waals surface area contributed by atoms with Crippen molar-refractivity contribution in [2.45, 2.75) is 59.0 Å². The summed E-state index contributed by atoms with van der Waals surface area (Å²) < 4.78 is 5.43. The Kier molecular flexibility index (Phi) is 3.60. The van der Waals surface area contributed by atoms with Crippen LogP contribution in [0.4, 0.5) is 0 Å². The normalized spacial score (nSPS) is 32.5. The fourth-order valence-electron chi connectivity index (χ4n) is 2.64. The summed E-state index contributed by atoms with van der Waals surface area (Å²) in [5, 5.41) is 0. The zero-order valence-electron chi connectivity index (χ0n) is 11.5. The van der Waals surface area contributed by atoms with E-state index in [1.54, 1.807) is 0 Å². The fourth-order valence-corrected chi connectivity index (χ4v) is 2.64. The zero-order valence-corrected chi connectivity index (χ0v) is 11.5. The lowest BCUT2D eigenvalue weighted by molar-refractivity contribution is -0.144. The number of Topliss-reactive ketones (excluding diaryl/α,β-unsaturated/α-hetero) is 1. The summed E-state index contributed by atoms with van der Waals surface area (Å²) in [5.41, 5.74) is 0.645. The summed E-state index contributed by atoms with van der Waals surface area (Å²) >= 11 is 0. The molecule has 1 heterocycles. The van der Waals surface area contributed by atoms with Gasteiger partial charge >= 0.3 is 5.97 Å². The second kappa shape index (κ2) is 4.87. The predicted molar refractivity (Wildman–Crippen MR) is 69.0 cm³/mol. The molecular formula is C15H22O3. The first-order chi connectivity index (χ1) is 8.40. The molecule has 18 heavy (non-hydrogen) atoms. The Bertz CT molecular complexity index is 393. The minimum atomic E-state index is -0.166. The van der Waals surface area contributed by atoms with Gasteiger partial charge in [-0.15, -0.1) is 0 Å². The van der Waals surface area contributed by atoms with Gasteiger partial charge in [0.1, 0.15) is 11.9 Å². The maximum atomic E-state index is 12.0. The van der Waals surface area contributed by atoms with Crippen molar-refractivity contribution >= 4 is 11.8 Å². The summed E-state index contributed by atoms with van der Waals surface area (Å²) in [6.45, 7) is 6.14. The minimum Gasteiger partial charge on any atom is -0.454 e. The van der Waals surface area contributed by atoms with Gasteiger partial charge in [-0.2, -0.15) is 0 Å². The van der Waals surface area contributed by atoms with E-state index in [4.69, 9.17) is 4.74 Å². The molecule has 2 rings (SSSR count). The van der Waals surface area contributed by atoms with E-state index >= 15 is 0 Å². The Morgan fingerprint density at radius 1 is 1.28 bits per heavy atom. The van der Waals surface area contributed by atoms with Crippen LogP contribution in [0.3, 0.4) is 0 Å². The van der Waals surface area contributed by atoms with Crippen molar-refractivity contribution < 1.29 is 14.3 Å². The third kappa shape index (κ3) is 2.65. The van der Waals surface area contributed by atoms with E-state index in [9.17, 15) is 9.59 Å². The Morgan fingerprint density at radius 3 is 2.72 bits per heavy atom. The lowest BCUT2D eigenvalue weighted by atomic mass is 9.80. The third-order valence-electron chi connectivity index (χ3n) is 4.27. The number of hydrogen-bond donors (Lipinski definition) is 0. The molecule has 3 nitrogen and oxygen atoms in total. The highest BCUT2D eigenvalue weighted by atomic mass is 16.5. The van der Waals surface area contributed by atoms with E-state index in [1.165, 1.54) is 0 Å². The van der Waals surface area contributed by atoms with Crippen molar-refractivity contribution in [2.75, 3.05) is 0 Å². The van der Waals surface area contributed by atoms with Gasteiger partial charge in [-0.3, -0.25) is 4.79 Å². The van der Waals surface area contributed by atoms with Crippen molar-refractivity contribution in [1.29, 1.82) is 0 Å². The van der Waals surface area contributed by atoms with Gasteiger partial charge < -0.3 is 4.74 Å². The van der Waals surface area contributed by atoms with Crippen LogP contribution in [0.5, 0.6) is 0 Å². The van der Waals surface area contributed by atoms with Gasteiger partial charge in [-0.05, 0) is 31.8 Å². The van der Waals surface area contributed by atoms with E-state index in [2.05, 4.69) is 13.8 Å². The molecular weight excluding hydrogens is 228 g/mol. The molecule has 0 aromatic heterocycles. The minimum absolute atomic E-state index is 0.119. The highest BCUT2D eigenvalue weighted by molar-refractivity contribution is 5.91. The number of ether oxygens (including phenoxy) is 1. The van der Waals surface area contributed by atoms with E-state index in [0.717, 1.165) is 31.3 Å². The largest absolute Gasteiger partial charge is 0.454 e. The molecule has 0 amide bonds. The molecule has 100 valence electrons. The van der Waals surface area contributed by atoms with E-state index in [1.807, 2.05) is 13.0 Å². The molecule has 0 aromatic carbocycles. The molecule has 0 N–H and O–H groups in total. The third-order valence-corrected chi connectivity index (χ3v) is 4.27. The first kappa shape index (κ1) is 13.3. The van der Waals surface area contributed by atoms with E-state index in [0.29, 0.717) is 12.2 Å². The van der Waals surface area contributed by atoms with Gasteiger partial charge in [-0.25, -0.2) is 4.79 Å². The molecule has 0 saturated carbocycles. The molecule has 0 unspecified atom stereocenters. The summed E-state index contributed by atoms with van der Waals surface area (Å²) in [6.07, 6.45) is 5.67. The number of hydrogen-bond acceptors (Lipinski definition) is 3. The Balaban J connectivity index is 2.19. The van der Waals surface area contributed by atoms with Gasteiger partial charge in [0.15, 0.2) is 0 Å². The molecule has 1 aliphatic heterocycles. The highest BCUT2D eigenvalue weighted by Gasteiger charge is 2.37. The smallest absolute Gasteiger partial charge is 0.334 e. The van der Waals surface area contributed by atoms with Crippen LogP contribution in [0.2, 0.25) is 0 Å². The van der Waals surface area contributed by atoms with E-state index < -0.39 is 0 Å². The van der Waals surface area contributed by atoms with Crippen LogP contribution >= 0.6 is 0 Å². The first-order valence-electron chi connectivity index (χ1n) is 6.84. The van der Waals surface area contributed by atoms with Gasteiger partial charge in [0.25, 0.3) is 0 Å². The molecule has 3 heteroatoms. The van der Waals surface area contributed by atoms with Crippen molar-refractivity contribution in [1.82, 2.24) is 0 Å². The molecule has 2 bridgehead atoms. The molecule has 0 fully saturated rings. The van der Waals surface area contributed by atoms with Gasteiger partial charge in [-0.1, -0.05) is 20.8 Å². The Hall–Kier alpha value is -1.12. The number of esters is 1. The van der Waals surface area contributed by atoms with Crippen LogP contribution in [0.1, 0.15) is 52.9 Å². The molecule has 2 aliphatic rings. The quantitative estimate of drug-likeness (QED) is 0.621. The van der Waals surface area contributed by atoms with Gasteiger partial charge in [0.2, 0.25) is 0 Å². The van der Waals surface area contributed by atoms with E-state index in [-0.39, 0.29) is 23.4 Å². The molecule has 0 saturated heterocycles. The van der Waals surface area contributed by atoms with Crippen LogP contribution < -0.4 is 0 Å². The molecule has 2 atom stereocenters. The van der Waals surface area contributed by atoms with Crippen LogP contribution in [0.15, 0.2) is 11.6 Å². The second-order valence-corrected chi connectivity index (χ2v) is 6.27. The molecule has 0 aromatic rings.